The molecule has 0 amide bonds. The van der Waals surface area contributed by atoms with Gasteiger partial charge >= 0.3 is 0 Å². The molecule has 2 aliphatic rings. The SMILES string of the molecule is OCC1O[C@@H](n2cnc3c(N[C@@H]4CCC[C@H]4OCc4ccc(O)cc4)ncnc32)[C@H](O)[C@@H]1O. The van der Waals surface area contributed by atoms with Gasteiger partial charge in [0.25, 0.3) is 0 Å². The first-order chi connectivity index (χ1) is 16.0. The Bertz CT molecular complexity index is 1090. The first-order valence-electron chi connectivity index (χ1n) is 11.0. The van der Waals surface area contributed by atoms with E-state index in [0.29, 0.717) is 23.6 Å². The number of phenolic OH excluding ortho intramolecular Hbond substituents is 1. The minimum atomic E-state index is -1.22. The molecule has 0 bridgehead atoms. The number of hydrogen-bond donors (Lipinski definition) is 5. The van der Waals surface area contributed by atoms with E-state index in [4.69, 9.17) is 9.47 Å². The van der Waals surface area contributed by atoms with Crippen LogP contribution in [0.5, 0.6) is 5.75 Å². The lowest BCUT2D eigenvalue weighted by Gasteiger charge is -2.22. The van der Waals surface area contributed by atoms with Gasteiger partial charge in [0.15, 0.2) is 23.2 Å². The van der Waals surface area contributed by atoms with E-state index in [0.717, 1.165) is 24.8 Å². The summed E-state index contributed by atoms with van der Waals surface area (Å²) in [6.07, 6.45) is 1.51. The van der Waals surface area contributed by atoms with Gasteiger partial charge in [-0.1, -0.05) is 12.1 Å². The number of benzene rings is 1. The molecule has 0 radical (unpaired) electrons. The van der Waals surface area contributed by atoms with Crippen LogP contribution in [0.25, 0.3) is 11.2 Å². The molecule has 1 aliphatic heterocycles. The fraction of sp³-hybridized carbons (Fsp3) is 0.500. The lowest BCUT2D eigenvalue weighted by Crippen LogP contribution is -2.33. The third kappa shape index (κ3) is 4.25. The number of imidazole rings is 1. The number of nitrogens with one attached hydrogen (secondary N) is 1. The summed E-state index contributed by atoms with van der Waals surface area (Å²) in [6, 6.07) is 7.00. The number of aromatic hydroxyl groups is 1. The lowest BCUT2D eigenvalue weighted by molar-refractivity contribution is -0.0511. The Hall–Kier alpha value is -2.83. The zero-order chi connectivity index (χ0) is 22.9. The molecular weight excluding hydrogens is 430 g/mol. The number of hydrogen-bond acceptors (Lipinski definition) is 10. The van der Waals surface area contributed by atoms with Gasteiger partial charge in [0.05, 0.1) is 31.7 Å². The molecule has 11 heteroatoms. The fourth-order valence-corrected chi connectivity index (χ4v) is 4.52. The van der Waals surface area contributed by atoms with Crippen molar-refractivity contribution in [1.29, 1.82) is 0 Å². The van der Waals surface area contributed by atoms with Crippen LogP contribution < -0.4 is 5.32 Å². The van der Waals surface area contributed by atoms with Crippen molar-refractivity contribution in [2.45, 2.75) is 62.6 Å². The van der Waals surface area contributed by atoms with E-state index in [9.17, 15) is 20.4 Å². The molecule has 1 saturated carbocycles. The van der Waals surface area contributed by atoms with Gasteiger partial charge in [-0.15, -0.1) is 0 Å². The van der Waals surface area contributed by atoms with Gasteiger partial charge in [-0.3, -0.25) is 4.57 Å². The monoisotopic (exact) mass is 457 g/mol. The molecule has 1 aromatic carbocycles. The Labute approximate surface area is 189 Å². The fourth-order valence-electron chi connectivity index (χ4n) is 4.52. The lowest BCUT2D eigenvalue weighted by atomic mass is 10.1. The van der Waals surface area contributed by atoms with Crippen LogP contribution in [0.3, 0.4) is 0 Å². The minimum Gasteiger partial charge on any atom is -0.508 e. The zero-order valence-corrected chi connectivity index (χ0v) is 17.9. The highest BCUT2D eigenvalue weighted by molar-refractivity contribution is 5.82. The van der Waals surface area contributed by atoms with Crippen LogP contribution in [-0.4, -0.2) is 77.0 Å². The van der Waals surface area contributed by atoms with E-state index >= 15 is 0 Å². The number of anilines is 1. The number of phenols is 1. The molecule has 1 unspecified atom stereocenters. The van der Waals surface area contributed by atoms with Crippen molar-refractivity contribution in [3.05, 3.63) is 42.5 Å². The number of rotatable bonds is 7. The van der Waals surface area contributed by atoms with E-state index in [1.165, 1.54) is 12.7 Å². The van der Waals surface area contributed by atoms with Crippen molar-refractivity contribution in [2.75, 3.05) is 11.9 Å². The van der Waals surface area contributed by atoms with Crippen LogP contribution >= 0.6 is 0 Å². The van der Waals surface area contributed by atoms with Crippen LogP contribution in [0.15, 0.2) is 36.9 Å². The highest BCUT2D eigenvalue weighted by atomic mass is 16.6. The number of fused-ring (bicyclic) bond motifs is 1. The van der Waals surface area contributed by atoms with Crippen LogP contribution in [0.4, 0.5) is 5.82 Å². The number of nitrogens with zero attached hydrogens (tertiary/aromatic N) is 4. The summed E-state index contributed by atoms with van der Waals surface area (Å²) < 4.78 is 13.3. The largest absolute Gasteiger partial charge is 0.508 e. The summed E-state index contributed by atoms with van der Waals surface area (Å²) in [5, 5.41) is 42.7. The van der Waals surface area contributed by atoms with Crippen LogP contribution in [0.1, 0.15) is 31.1 Å². The van der Waals surface area contributed by atoms with Crippen molar-refractivity contribution >= 4 is 17.0 Å². The summed E-state index contributed by atoms with van der Waals surface area (Å²) in [4.78, 5) is 13.1. The number of ether oxygens (including phenoxy) is 2. The highest BCUT2D eigenvalue weighted by Crippen LogP contribution is 2.33. The van der Waals surface area contributed by atoms with E-state index < -0.39 is 31.1 Å². The summed E-state index contributed by atoms with van der Waals surface area (Å²) in [5.41, 5.74) is 1.95. The summed E-state index contributed by atoms with van der Waals surface area (Å²) in [7, 11) is 0. The molecule has 3 heterocycles. The quantitative estimate of drug-likeness (QED) is 0.342. The Morgan fingerprint density at radius 3 is 2.67 bits per heavy atom. The predicted octanol–water partition coefficient (Wildman–Crippen LogP) is 0.693. The maximum absolute atomic E-state index is 10.4. The Morgan fingerprint density at radius 1 is 1.09 bits per heavy atom. The molecule has 2 fully saturated rings. The minimum absolute atomic E-state index is 0.00801. The maximum Gasteiger partial charge on any atom is 0.167 e. The van der Waals surface area contributed by atoms with Gasteiger partial charge in [0.1, 0.15) is 30.4 Å². The van der Waals surface area contributed by atoms with E-state index in [-0.39, 0.29) is 17.9 Å². The molecule has 2 aromatic heterocycles. The van der Waals surface area contributed by atoms with Crippen molar-refractivity contribution in [3.8, 4) is 5.75 Å². The third-order valence-electron chi connectivity index (χ3n) is 6.33. The summed E-state index contributed by atoms with van der Waals surface area (Å²) >= 11 is 0. The second-order valence-corrected chi connectivity index (χ2v) is 8.47. The number of aliphatic hydroxyl groups excluding tert-OH is 3. The van der Waals surface area contributed by atoms with Crippen LogP contribution in [0, 0.1) is 0 Å². The van der Waals surface area contributed by atoms with Gasteiger partial charge < -0.3 is 35.2 Å². The van der Waals surface area contributed by atoms with Crippen molar-refractivity contribution in [1.82, 2.24) is 19.5 Å². The molecule has 1 aliphatic carbocycles. The average Bonchev–Trinajstić information content (AvgIpc) is 3.52. The van der Waals surface area contributed by atoms with Crippen molar-refractivity contribution < 1.29 is 29.9 Å². The summed E-state index contributed by atoms with van der Waals surface area (Å²) in [5.74, 6) is 0.777. The molecular formula is C22H27N5O6. The van der Waals surface area contributed by atoms with Gasteiger partial charge in [0, 0.05) is 0 Å². The first-order valence-corrected chi connectivity index (χ1v) is 11.0. The first kappa shape index (κ1) is 22.0. The molecule has 11 nitrogen and oxygen atoms in total. The van der Waals surface area contributed by atoms with Crippen molar-refractivity contribution in [3.63, 3.8) is 0 Å². The Balaban J connectivity index is 1.31. The smallest absolute Gasteiger partial charge is 0.167 e. The molecule has 0 spiro atoms. The molecule has 5 N–H and O–H groups in total. The standard InChI is InChI=1S/C22H27N5O6/c28-8-16-18(30)19(31)22(33-16)27-11-25-17-20(23-10-24-21(17)27)26-14-2-1-3-15(14)32-9-12-4-6-13(29)7-5-12/h4-7,10-11,14-16,18-19,22,28-31H,1-3,8-9H2,(H,23,24,26)/t14-,15-,16?,18-,19-,22-/m1/s1. The molecule has 1 saturated heterocycles. The average molecular weight is 457 g/mol. The Kier molecular flexibility index (Phi) is 6.13. The van der Waals surface area contributed by atoms with E-state index in [2.05, 4.69) is 20.3 Å². The number of aromatic nitrogens is 4. The van der Waals surface area contributed by atoms with Gasteiger partial charge in [0.2, 0.25) is 0 Å². The van der Waals surface area contributed by atoms with Gasteiger partial charge in [-0.25, -0.2) is 15.0 Å². The normalized spacial score (nSPS) is 29.7. The zero-order valence-electron chi connectivity index (χ0n) is 17.9. The van der Waals surface area contributed by atoms with Gasteiger partial charge in [-0.2, -0.15) is 0 Å². The topological polar surface area (TPSA) is 155 Å². The third-order valence-corrected chi connectivity index (χ3v) is 6.33. The molecule has 176 valence electrons. The maximum atomic E-state index is 10.4. The van der Waals surface area contributed by atoms with Crippen LogP contribution in [0.2, 0.25) is 0 Å². The molecule has 3 aromatic rings. The Morgan fingerprint density at radius 2 is 1.91 bits per heavy atom. The van der Waals surface area contributed by atoms with E-state index in [1.54, 1.807) is 16.7 Å². The number of aliphatic hydroxyl groups is 3. The van der Waals surface area contributed by atoms with E-state index in [1.807, 2.05) is 12.1 Å². The van der Waals surface area contributed by atoms with Crippen molar-refractivity contribution in [2.24, 2.45) is 0 Å². The highest BCUT2D eigenvalue weighted by Gasteiger charge is 2.44. The molecule has 33 heavy (non-hydrogen) atoms. The molecule has 5 rings (SSSR count). The summed E-state index contributed by atoms with van der Waals surface area (Å²) in [6.45, 7) is 0.0402. The predicted molar refractivity (Wildman–Crippen MR) is 116 cm³/mol. The second kappa shape index (κ2) is 9.20. The van der Waals surface area contributed by atoms with Crippen LogP contribution in [-0.2, 0) is 16.1 Å². The second-order valence-electron chi connectivity index (χ2n) is 8.47. The van der Waals surface area contributed by atoms with Gasteiger partial charge in [-0.05, 0) is 37.0 Å². The molecule has 6 atom stereocenters.